The van der Waals surface area contributed by atoms with Gasteiger partial charge in [0, 0.05) is 22.5 Å². The molecule has 2 aromatic rings. The molecule has 0 saturated carbocycles. The van der Waals surface area contributed by atoms with E-state index in [1.807, 2.05) is 34.5 Å². The summed E-state index contributed by atoms with van der Waals surface area (Å²) in [6, 6.07) is 10.1. The summed E-state index contributed by atoms with van der Waals surface area (Å²) in [7, 11) is 0. The fourth-order valence-electron chi connectivity index (χ4n) is 2.53. The number of nitrogens with two attached hydrogens (primary N) is 1. The van der Waals surface area contributed by atoms with E-state index in [0.717, 1.165) is 22.5 Å². The second-order valence-electron chi connectivity index (χ2n) is 4.87. The average molecular weight is 296 g/mol. The number of rotatable bonds is 2. The van der Waals surface area contributed by atoms with E-state index >= 15 is 0 Å². The summed E-state index contributed by atoms with van der Waals surface area (Å²) in [6.07, 6.45) is 1.40. The second kappa shape index (κ2) is 6.13. The third kappa shape index (κ3) is 2.85. The van der Waals surface area contributed by atoms with Gasteiger partial charge in [0.15, 0.2) is 0 Å². The van der Waals surface area contributed by atoms with Crippen molar-refractivity contribution in [2.45, 2.75) is 19.4 Å². The van der Waals surface area contributed by atoms with Crippen LogP contribution in [0.3, 0.4) is 0 Å². The third-order valence-electron chi connectivity index (χ3n) is 3.56. The maximum Gasteiger partial charge on any atom is 0.227 e. The predicted molar refractivity (Wildman–Crippen MR) is 86.2 cm³/mol. The van der Waals surface area contributed by atoms with Crippen LogP contribution in [0.5, 0.6) is 0 Å². The molecule has 0 fully saturated rings. The molecule has 2 heterocycles. The van der Waals surface area contributed by atoms with Gasteiger partial charge in [-0.3, -0.25) is 4.79 Å². The van der Waals surface area contributed by atoms with Gasteiger partial charge in [-0.15, -0.1) is 11.3 Å². The maximum atomic E-state index is 12.3. The molecule has 1 aliphatic rings. The van der Waals surface area contributed by atoms with Gasteiger partial charge in [0.2, 0.25) is 5.91 Å². The molecule has 21 heavy (non-hydrogen) atoms. The molecular weight excluding hydrogens is 280 g/mol. The molecule has 2 N–H and O–H groups in total. The van der Waals surface area contributed by atoms with Crippen LogP contribution in [0.15, 0.2) is 35.7 Å². The minimum atomic E-state index is 0.180. The Labute approximate surface area is 128 Å². The summed E-state index contributed by atoms with van der Waals surface area (Å²) in [4.78, 5) is 15.3. The highest BCUT2D eigenvalue weighted by Crippen LogP contribution is 2.30. The Morgan fingerprint density at radius 2 is 2.10 bits per heavy atom. The summed E-state index contributed by atoms with van der Waals surface area (Å²) in [6.45, 7) is 0.933. The summed E-state index contributed by atoms with van der Waals surface area (Å²) in [5.74, 6) is 6.14. The molecule has 0 radical (unpaired) electrons. The Morgan fingerprint density at radius 1 is 1.24 bits per heavy atom. The monoisotopic (exact) mass is 296 g/mol. The Balaban J connectivity index is 1.91. The Morgan fingerprint density at radius 3 is 2.95 bits per heavy atom. The number of fused-ring (bicyclic) bond motifs is 1. The lowest BCUT2D eigenvalue weighted by Crippen LogP contribution is -2.34. The number of anilines is 1. The average Bonchev–Trinajstić information content (AvgIpc) is 2.95. The van der Waals surface area contributed by atoms with E-state index < -0.39 is 0 Å². The van der Waals surface area contributed by atoms with Gasteiger partial charge in [-0.2, -0.15) is 0 Å². The molecule has 1 amide bonds. The lowest BCUT2D eigenvalue weighted by molar-refractivity contribution is -0.119. The second-order valence-corrected chi connectivity index (χ2v) is 5.87. The zero-order chi connectivity index (χ0) is 14.7. The molecule has 3 rings (SSSR count). The molecule has 0 unspecified atom stereocenters. The summed E-state index contributed by atoms with van der Waals surface area (Å²) >= 11 is 1.63. The molecule has 1 aliphatic heterocycles. The van der Waals surface area contributed by atoms with E-state index in [9.17, 15) is 4.79 Å². The molecule has 0 spiro atoms. The van der Waals surface area contributed by atoms with Crippen molar-refractivity contribution in [1.29, 1.82) is 0 Å². The minimum absolute atomic E-state index is 0.180. The van der Waals surface area contributed by atoms with E-state index in [4.69, 9.17) is 5.73 Å². The van der Waals surface area contributed by atoms with Gasteiger partial charge in [0.25, 0.3) is 0 Å². The SMILES string of the molecule is NCC#Cc1ccsc1CN1C(=O)CCc2ccccc21. The quantitative estimate of drug-likeness (QED) is 0.866. The highest BCUT2D eigenvalue weighted by molar-refractivity contribution is 7.10. The van der Waals surface area contributed by atoms with E-state index in [0.29, 0.717) is 19.5 Å². The first-order chi connectivity index (χ1) is 10.3. The van der Waals surface area contributed by atoms with Crippen molar-refractivity contribution in [3.05, 3.63) is 51.7 Å². The van der Waals surface area contributed by atoms with E-state index in [1.165, 1.54) is 5.56 Å². The van der Waals surface area contributed by atoms with Crippen molar-refractivity contribution in [3.8, 4) is 11.8 Å². The summed E-state index contributed by atoms with van der Waals surface area (Å²) in [5.41, 5.74) is 8.67. The zero-order valence-corrected chi connectivity index (χ0v) is 12.5. The number of carbonyl (C=O) groups is 1. The van der Waals surface area contributed by atoms with E-state index in [-0.39, 0.29) is 5.91 Å². The van der Waals surface area contributed by atoms with Crippen LogP contribution in [-0.2, 0) is 17.8 Å². The van der Waals surface area contributed by atoms with Gasteiger partial charge >= 0.3 is 0 Å². The van der Waals surface area contributed by atoms with Crippen LogP contribution in [0.25, 0.3) is 0 Å². The number of hydrogen-bond acceptors (Lipinski definition) is 3. The Bertz CT molecular complexity index is 724. The highest BCUT2D eigenvalue weighted by Gasteiger charge is 2.24. The van der Waals surface area contributed by atoms with Crippen molar-refractivity contribution in [1.82, 2.24) is 0 Å². The summed E-state index contributed by atoms with van der Waals surface area (Å²) in [5, 5.41) is 2.01. The number of hydrogen-bond donors (Lipinski definition) is 1. The standard InChI is InChI=1S/C17H16N2OS/c18-10-3-5-14-9-11-21-16(14)12-19-15-6-2-1-4-13(15)7-8-17(19)20/h1-2,4,6,9,11H,7-8,10,12,18H2. The van der Waals surface area contributed by atoms with Crippen LogP contribution in [0.4, 0.5) is 5.69 Å². The third-order valence-corrected chi connectivity index (χ3v) is 4.47. The number of aryl methyl sites for hydroxylation is 1. The van der Waals surface area contributed by atoms with Crippen LogP contribution in [0, 0.1) is 11.8 Å². The number of para-hydroxylation sites is 1. The molecule has 4 heteroatoms. The van der Waals surface area contributed by atoms with Crippen LogP contribution < -0.4 is 10.6 Å². The van der Waals surface area contributed by atoms with Crippen LogP contribution in [-0.4, -0.2) is 12.5 Å². The Hall–Kier alpha value is -2.09. The first-order valence-corrected chi connectivity index (χ1v) is 7.81. The molecule has 0 aliphatic carbocycles. The lowest BCUT2D eigenvalue weighted by atomic mass is 10.0. The first kappa shape index (κ1) is 13.9. The lowest BCUT2D eigenvalue weighted by Gasteiger charge is -2.29. The van der Waals surface area contributed by atoms with Gasteiger partial charge in [0.1, 0.15) is 0 Å². The maximum absolute atomic E-state index is 12.3. The number of carbonyl (C=O) groups excluding carboxylic acids is 1. The van der Waals surface area contributed by atoms with Crippen molar-refractivity contribution in [2.75, 3.05) is 11.4 Å². The molecule has 1 aromatic heterocycles. The van der Waals surface area contributed by atoms with E-state index in [1.54, 1.807) is 11.3 Å². The van der Waals surface area contributed by atoms with Crippen LogP contribution in [0.1, 0.15) is 22.4 Å². The normalized spacial score (nSPS) is 13.6. The fraction of sp³-hybridized carbons (Fsp3) is 0.235. The van der Waals surface area contributed by atoms with Crippen molar-refractivity contribution < 1.29 is 4.79 Å². The topological polar surface area (TPSA) is 46.3 Å². The number of benzene rings is 1. The van der Waals surface area contributed by atoms with Crippen molar-refractivity contribution in [3.63, 3.8) is 0 Å². The minimum Gasteiger partial charge on any atom is -0.320 e. The number of amides is 1. The van der Waals surface area contributed by atoms with Crippen molar-refractivity contribution >= 4 is 22.9 Å². The molecule has 3 nitrogen and oxygen atoms in total. The first-order valence-electron chi connectivity index (χ1n) is 6.93. The molecule has 0 atom stereocenters. The fourth-order valence-corrected chi connectivity index (χ4v) is 3.35. The smallest absolute Gasteiger partial charge is 0.227 e. The van der Waals surface area contributed by atoms with Crippen LogP contribution in [0.2, 0.25) is 0 Å². The van der Waals surface area contributed by atoms with Gasteiger partial charge < -0.3 is 10.6 Å². The van der Waals surface area contributed by atoms with Gasteiger partial charge in [-0.25, -0.2) is 0 Å². The number of thiophene rings is 1. The van der Waals surface area contributed by atoms with Gasteiger partial charge in [-0.1, -0.05) is 30.0 Å². The molecule has 0 saturated heterocycles. The molecule has 106 valence electrons. The molecule has 1 aromatic carbocycles. The largest absolute Gasteiger partial charge is 0.320 e. The Kier molecular flexibility index (Phi) is 4.05. The van der Waals surface area contributed by atoms with Gasteiger partial charge in [-0.05, 0) is 29.5 Å². The predicted octanol–water partition coefficient (Wildman–Crippen LogP) is 2.54. The van der Waals surface area contributed by atoms with Crippen LogP contribution >= 0.6 is 11.3 Å². The molecular formula is C17H16N2OS. The molecule has 0 bridgehead atoms. The zero-order valence-electron chi connectivity index (χ0n) is 11.6. The van der Waals surface area contributed by atoms with Crippen molar-refractivity contribution in [2.24, 2.45) is 5.73 Å². The summed E-state index contributed by atoms with van der Waals surface area (Å²) < 4.78 is 0. The van der Waals surface area contributed by atoms with Gasteiger partial charge in [0.05, 0.1) is 13.1 Å². The number of nitrogens with zero attached hydrogens (tertiary/aromatic N) is 1. The van der Waals surface area contributed by atoms with E-state index in [2.05, 4.69) is 17.9 Å². The highest BCUT2D eigenvalue weighted by atomic mass is 32.1.